The second-order valence-electron chi connectivity index (χ2n) is 5.80. The van der Waals surface area contributed by atoms with E-state index >= 15 is 0 Å². The average Bonchev–Trinajstić information content (AvgIpc) is 2.54. The number of ether oxygens (including phenoxy) is 1. The lowest BCUT2D eigenvalue weighted by molar-refractivity contribution is 0.215. The van der Waals surface area contributed by atoms with Crippen molar-refractivity contribution in [1.82, 2.24) is 5.32 Å². The van der Waals surface area contributed by atoms with Crippen molar-refractivity contribution >= 4 is 0 Å². The molecule has 2 aromatic carbocycles. The van der Waals surface area contributed by atoms with Gasteiger partial charge in [-0.3, -0.25) is 0 Å². The molecule has 0 aliphatic heterocycles. The van der Waals surface area contributed by atoms with Crippen LogP contribution in [-0.2, 0) is 13.0 Å². The van der Waals surface area contributed by atoms with Gasteiger partial charge < -0.3 is 10.1 Å². The van der Waals surface area contributed by atoms with Crippen molar-refractivity contribution in [2.45, 2.75) is 46.3 Å². The summed E-state index contributed by atoms with van der Waals surface area (Å²) in [5.74, 6) is 1.00. The zero-order valence-electron chi connectivity index (χ0n) is 13.9. The van der Waals surface area contributed by atoms with Gasteiger partial charge in [0.15, 0.2) is 0 Å². The van der Waals surface area contributed by atoms with Gasteiger partial charge in [-0.15, -0.1) is 0 Å². The highest BCUT2D eigenvalue weighted by molar-refractivity contribution is 5.33. The molecule has 22 heavy (non-hydrogen) atoms. The van der Waals surface area contributed by atoms with E-state index in [1.54, 1.807) is 0 Å². The first-order chi connectivity index (χ1) is 10.7. The van der Waals surface area contributed by atoms with Crippen LogP contribution in [-0.4, -0.2) is 12.6 Å². The van der Waals surface area contributed by atoms with Crippen LogP contribution in [0.25, 0.3) is 0 Å². The molecule has 1 N–H and O–H groups in total. The molecule has 0 radical (unpaired) electrons. The lowest BCUT2D eigenvalue weighted by Crippen LogP contribution is -2.18. The van der Waals surface area contributed by atoms with Crippen molar-refractivity contribution in [2.75, 3.05) is 6.54 Å². The number of hydrogen-bond acceptors (Lipinski definition) is 2. The first kappa shape index (κ1) is 16.6. The van der Waals surface area contributed by atoms with Crippen LogP contribution in [0.1, 0.15) is 37.0 Å². The fourth-order valence-electron chi connectivity index (χ4n) is 2.40. The number of benzene rings is 2. The Hall–Kier alpha value is -1.80. The Morgan fingerprint density at radius 2 is 1.68 bits per heavy atom. The van der Waals surface area contributed by atoms with E-state index < -0.39 is 0 Å². The lowest BCUT2D eigenvalue weighted by atomic mass is 10.1. The van der Waals surface area contributed by atoms with Gasteiger partial charge in [0, 0.05) is 12.1 Å². The summed E-state index contributed by atoms with van der Waals surface area (Å²) < 4.78 is 5.99. The fourth-order valence-corrected chi connectivity index (χ4v) is 2.40. The monoisotopic (exact) mass is 297 g/mol. The summed E-state index contributed by atoms with van der Waals surface area (Å²) in [4.78, 5) is 0. The van der Waals surface area contributed by atoms with Crippen LogP contribution >= 0.6 is 0 Å². The molecule has 0 amide bonds. The van der Waals surface area contributed by atoms with Gasteiger partial charge in [-0.1, -0.05) is 49.4 Å². The maximum atomic E-state index is 5.99. The maximum absolute atomic E-state index is 5.99. The molecule has 1 unspecified atom stereocenters. The molecule has 0 aliphatic rings. The van der Waals surface area contributed by atoms with Crippen LogP contribution in [0.5, 0.6) is 5.75 Å². The predicted molar refractivity (Wildman–Crippen MR) is 93.4 cm³/mol. The van der Waals surface area contributed by atoms with E-state index in [9.17, 15) is 0 Å². The third-order valence-electron chi connectivity index (χ3n) is 4.02. The Labute approximate surface area is 134 Å². The molecule has 2 heteroatoms. The maximum Gasteiger partial charge on any atom is 0.124 e. The summed E-state index contributed by atoms with van der Waals surface area (Å²) in [6.07, 6.45) is 2.34. The normalized spacial score (nSPS) is 12.1. The smallest absolute Gasteiger partial charge is 0.124 e. The van der Waals surface area contributed by atoms with Gasteiger partial charge in [0.05, 0.1) is 6.10 Å². The third-order valence-corrected chi connectivity index (χ3v) is 4.02. The van der Waals surface area contributed by atoms with Crippen LogP contribution in [0.4, 0.5) is 0 Å². The molecule has 2 aromatic rings. The van der Waals surface area contributed by atoms with Crippen LogP contribution in [0.15, 0.2) is 48.5 Å². The van der Waals surface area contributed by atoms with E-state index in [4.69, 9.17) is 4.74 Å². The predicted octanol–water partition coefficient (Wildman–Crippen LogP) is 4.50. The summed E-state index contributed by atoms with van der Waals surface area (Å²) in [7, 11) is 0. The van der Waals surface area contributed by atoms with E-state index in [0.717, 1.165) is 31.7 Å². The van der Waals surface area contributed by atoms with Gasteiger partial charge in [0.1, 0.15) is 5.75 Å². The van der Waals surface area contributed by atoms with Crippen LogP contribution in [0.3, 0.4) is 0 Å². The highest BCUT2D eigenvalue weighted by Crippen LogP contribution is 2.20. The summed E-state index contributed by atoms with van der Waals surface area (Å²) in [5, 5.41) is 3.53. The number of aryl methyl sites for hydroxylation is 1. The fraction of sp³-hybridized carbons (Fsp3) is 0.400. The zero-order valence-corrected chi connectivity index (χ0v) is 13.9. The van der Waals surface area contributed by atoms with E-state index in [2.05, 4.69) is 68.6 Å². The van der Waals surface area contributed by atoms with Crippen molar-refractivity contribution in [3.63, 3.8) is 0 Å². The Morgan fingerprint density at radius 3 is 2.41 bits per heavy atom. The molecule has 118 valence electrons. The van der Waals surface area contributed by atoms with Gasteiger partial charge in [-0.25, -0.2) is 0 Å². The summed E-state index contributed by atoms with van der Waals surface area (Å²) in [5.41, 5.74) is 4.01. The molecule has 0 saturated heterocycles. The zero-order chi connectivity index (χ0) is 15.8. The number of hydrogen-bond donors (Lipinski definition) is 1. The SMILES string of the molecule is CCC(C)Oc1ccccc1CNCCc1ccccc1C. The third kappa shape index (κ3) is 4.88. The Kier molecular flexibility index (Phi) is 6.47. The van der Waals surface area contributed by atoms with Crippen LogP contribution in [0, 0.1) is 6.92 Å². The van der Waals surface area contributed by atoms with Gasteiger partial charge in [0.2, 0.25) is 0 Å². The standard InChI is InChI=1S/C20H27NO/c1-4-17(3)22-20-12-8-7-11-19(20)15-21-14-13-18-10-6-5-9-16(18)2/h5-12,17,21H,4,13-15H2,1-3H3. The molecule has 0 bridgehead atoms. The molecule has 2 nitrogen and oxygen atoms in total. The molecule has 0 aromatic heterocycles. The summed E-state index contributed by atoms with van der Waals surface area (Å²) in [6.45, 7) is 8.25. The first-order valence-corrected chi connectivity index (χ1v) is 8.20. The lowest BCUT2D eigenvalue weighted by Gasteiger charge is -2.16. The molecule has 1 atom stereocenters. The minimum Gasteiger partial charge on any atom is -0.490 e. The Morgan fingerprint density at radius 1 is 1.00 bits per heavy atom. The molecular weight excluding hydrogens is 270 g/mol. The van der Waals surface area contributed by atoms with Gasteiger partial charge >= 0.3 is 0 Å². The molecule has 0 aliphatic carbocycles. The quantitative estimate of drug-likeness (QED) is 0.724. The topological polar surface area (TPSA) is 21.3 Å². The second kappa shape index (κ2) is 8.60. The van der Waals surface area contributed by atoms with Crippen molar-refractivity contribution < 1.29 is 4.74 Å². The minimum atomic E-state index is 0.258. The van der Waals surface area contributed by atoms with Crippen LogP contribution < -0.4 is 10.1 Å². The Bertz CT molecular complexity index is 579. The van der Waals surface area contributed by atoms with Gasteiger partial charge in [-0.05, 0) is 50.4 Å². The molecular formula is C20H27NO. The molecule has 0 saturated carbocycles. The van der Waals surface area contributed by atoms with Crippen molar-refractivity contribution in [3.8, 4) is 5.75 Å². The van der Waals surface area contributed by atoms with Gasteiger partial charge in [-0.2, -0.15) is 0 Å². The largest absolute Gasteiger partial charge is 0.490 e. The number of para-hydroxylation sites is 1. The first-order valence-electron chi connectivity index (χ1n) is 8.20. The second-order valence-corrected chi connectivity index (χ2v) is 5.80. The molecule has 0 heterocycles. The summed E-state index contributed by atoms with van der Waals surface area (Å²) >= 11 is 0. The van der Waals surface area contributed by atoms with Gasteiger partial charge in [0.25, 0.3) is 0 Å². The van der Waals surface area contributed by atoms with E-state index in [0.29, 0.717) is 0 Å². The average molecular weight is 297 g/mol. The van der Waals surface area contributed by atoms with Crippen LogP contribution in [0.2, 0.25) is 0 Å². The van der Waals surface area contributed by atoms with E-state index in [1.807, 2.05) is 6.07 Å². The van der Waals surface area contributed by atoms with E-state index in [-0.39, 0.29) is 6.10 Å². The summed E-state index contributed by atoms with van der Waals surface area (Å²) in [6, 6.07) is 16.9. The number of rotatable bonds is 8. The minimum absolute atomic E-state index is 0.258. The molecule has 0 spiro atoms. The molecule has 2 rings (SSSR count). The molecule has 0 fully saturated rings. The van der Waals surface area contributed by atoms with E-state index in [1.165, 1.54) is 16.7 Å². The van der Waals surface area contributed by atoms with Crippen molar-refractivity contribution in [1.29, 1.82) is 0 Å². The highest BCUT2D eigenvalue weighted by Gasteiger charge is 2.06. The highest BCUT2D eigenvalue weighted by atomic mass is 16.5. The van der Waals surface area contributed by atoms with Crippen molar-refractivity contribution in [3.05, 3.63) is 65.2 Å². The Balaban J connectivity index is 1.85. The number of nitrogens with one attached hydrogen (secondary N) is 1. The van der Waals surface area contributed by atoms with Crippen molar-refractivity contribution in [2.24, 2.45) is 0 Å².